The van der Waals surface area contributed by atoms with Crippen LogP contribution in [0.5, 0.6) is 0 Å². The number of aromatic nitrogens is 4. The first-order chi connectivity index (χ1) is 16.2. The molecule has 2 saturated heterocycles. The topological polar surface area (TPSA) is 73.9 Å². The van der Waals surface area contributed by atoms with E-state index in [1.807, 2.05) is 18.2 Å². The van der Waals surface area contributed by atoms with Crippen molar-refractivity contribution in [3.63, 3.8) is 0 Å². The fourth-order valence-electron chi connectivity index (χ4n) is 5.16. The first-order valence-corrected chi connectivity index (χ1v) is 11.5. The van der Waals surface area contributed by atoms with Gasteiger partial charge in [-0.2, -0.15) is 23.5 Å². The van der Waals surface area contributed by atoms with Crippen LogP contribution in [0.25, 0.3) is 11.0 Å². The Bertz CT molecular complexity index is 1250. The fraction of sp³-hybridized carbons (Fsp3) is 0.478. The number of hydrogen-bond acceptors (Lipinski definition) is 6. The molecule has 2 aromatic heterocycles. The van der Waals surface area contributed by atoms with Crippen molar-refractivity contribution < 1.29 is 13.2 Å². The number of rotatable bonds is 5. The molecule has 1 atom stereocenters. The molecule has 2 fully saturated rings. The maximum atomic E-state index is 12.8. The molecule has 1 spiro atoms. The van der Waals surface area contributed by atoms with Crippen molar-refractivity contribution in [3.8, 4) is 6.07 Å². The largest absolute Gasteiger partial charge is 0.408 e. The summed E-state index contributed by atoms with van der Waals surface area (Å²) in [6, 6.07) is 7.95. The molecule has 2 aliphatic rings. The van der Waals surface area contributed by atoms with Gasteiger partial charge in [-0.05, 0) is 36.6 Å². The van der Waals surface area contributed by atoms with E-state index in [-0.39, 0.29) is 11.1 Å². The Hall–Kier alpha value is -2.90. The zero-order valence-electron chi connectivity index (χ0n) is 18.4. The van der Waals surface area contributed by atoms with E-state index in [1.54, 1.807) is 0 Å². The SMILES string of the molecule is N#CCc1ccc(CN2CCC3(CCN(c4ncnc5nn(CC(F)(F)F)cc45)C3)C2)c(Cl)c1. The van der Waals surface area contributed by atoms with Gasteiger partial charge in [0.25, 0.3) is 0 Å². The lowest BCUT2D eigenvalue weighted by molar-refractivity contribution is -0.142. The van der Waals surface area contributed by atoms with Crippen molar-refractivity contribution in [2.45, 2.75) is 38.5 Å². The molecule has 0 bridgehead atoms. The van der Waals surface area contributed by atoms with Gasteiger partial charge in [0, 0.05) is 42.8 Å². The normalized spacial score (nSPS) is 21.1. The summed E-state index contributed by atoms with van der Waals surface area (Å²) in [5, 5.41) is 14.1. The van der Waals surface area contributed by atoms with E-state index in [0.29, 0.717) is 22.6 Å². The maximum Gasteiger partial charge on any atom is 0.408 e. The Kier molecular flexibility index (Phi) is 5.86. The second-order valence-electron chi connectivity index (χ2n) is 9.27. The van der Waals surface area contributed by atoms with Gasteiger partial charge in [0.15, 0.2) is 5.65 Å². The van der Waals surface area contributed by atoms with Crippen molar-refractivity contribution in [2.24, 2.45) is 5.41 Å². The summed E-state index contributed by atoms with van der Waals surface area (Å²) in [6.07, 6.45) is 0.776. The molecule has 34 heavy (non-hydrogen) atoms. The molecule has 0 aliphatic carbocycles. The number of halogens is 4. The predicted octanol–water partition coefficient (Wildman–Crippen LogP) is 4.21. The van der Waals surface area contributed by atoms with Gasteiger partial charge in [0.05, 0.1) is 17.9 Å². The van der Waals surface area contributed by atoms with Crippen LogP contribution in [-0.4, -0.2) is 57.0 Å². The maximum absolute atomic E-state index is 12.8. The Morgan fingerprint density at radius 1 is 1.15 bits per heavy atom. The standard InChI is InChI=1S/C23H23ClF3N7/c24-19-9-16(3-6-28)1-2-17(19)10-32-7-4-22(12-32)5-8-33(13-22)21-18-11-34(14-23(25,26)27)31-20(18)29-15-30-21/h1-2,9,11,15H,3-5,7-8,10,12-14H2. The van der Waals surface area contributed by atoms with Crippen LogP contribution in [0.1, 0.15) is 24.0 Å². The van der Waals surface area contributed by atoms with Crippen LogP contribution in [0, 0.1) is 16.7 Å². The zero-order valence-corrected chi connectivity index (χ0v) is 19.1. The molecular weight excluding hydrogens is 467 g/mol. The molecule has 0 amide bonds. The Morgan fingerprint density at radius 3 is 2.74 bits per heavy atom. The number of nitrogens with zero attached hydrogens (tertiary/aromatic N) is 7. The summed E-state index contributed by atoms with van der Waals surface area (Å²) in [5.74, 6) is 0.643. The quantitative estimate of drug-likeness (QED) is 0.534. The van der Waals surface area contributed by atoms with Crippen molar-refractivity contribution in [2.75, 3.05) is 31.1 Å². The molecule has 1 aromatic carbocycles. The molecule has 178 valence electrons. The lowest BCUT2D eigenvalue weighted by Gasteiger charge is -2.25. The molecule has 0 radical (unpaired) electrons. The third-order valence-electron chi connectivity index (χ3n) is 6.73. The van der Waals surface area contributed by atoms with E-state index in [9.17, 15) is 13.2 Å². The highest BCUT2D eigenvalue weighted by Gasteiger charge is 2.44. The van der Waals surface area contributed by atoms with E-state index < -0.39 is 12.7 Å². The van der Waals surface area contributed by atoms with Crippen LogP contribution in [0.2, 0.25) is 5.02 Å². The number of anilines is 1. The predicted molar refractivity (Wildman–Crippen MR) is 121 cm³/mol. The minimum atomic E-state index is -4.35. The monoisotopic (exact) mass is 489 g/mol. The zero-order chi connectivity index (χ0) is 23.9. The number of likely N-dealkylation sites (tertiary alicyclic amines) is 1. The molecule has 5 rings (SSSR count). The summed E-state index contributed by atoms with van der Waals surface area (Å²) in [4.78, 5) is 13.0. The molecule has 11 heteroatoms. The minimum Gasteiger partial charge on any atom is -0.355 e. The summed E-state index contributed by atoms with van der Waals surface area (Å²) in [7, 11) is 0. The van der Waals surface area contributed by atoms with Crippen LogP contribution in [-0.2, 0) is 19.5 Å². The van der Waals surface area contributed by atoms with Crippen LogP contribution in [0.4, 0.5) is 19.0 Å². The Balaban J connectivity index is 1.28. The molecule has 3 aromatic rings. The first kappa shape index (κ1) is 22.9. The Labute approximate surface area is 199 Å². The van der Waals surface area contributed by atoms with Gasteiger partial charge in [-0.15, -0.1) is 0 Å². The van der Waals surface area contributed by atoms with Gasteiger partial charge in [-0.1, -0.05) is 23.7 Å². The van der Waals surface area contributed by atoms with Crippen LogP contribution >= 0.6 is 11.6 Å². The molecule has 4 heterocycles. The number of benzene rings is 1. The van der Waals surface area contributed by atoms with Gasteiger partial charge >= 0.3 is 6.18 Å². The van der Waals surface area contributed by atoms with Crippen molar-refractivity contribution in [1.29, 1.82) is 5.26 Å². The Morgan fingerprint density at radius 2 is 1.97 bits per heavy atom. The molecule has 0 N–H and O–H groups in total. The van der Waals surface area contributed by atoms with Gasteiger partial charge in [-0.25, -0.2) is 9.97 Å². The van der Waals surface area contributed by atoms with Gasteiger partial charge in [-0.3, -0.25) is 9.58 Å². The number of hydrogen-bond donors (Lipinski definition) is 0. The molecule has 7 nitrogen and oxygen atoms in total. The van der Waals surface area contributed by atoms with Crippen LogP contribution in [0.3, 0.4) is 0 Å². The van der Waals surface area contributed by atoms with Crippen LogP contribution < -0.4 is 4.90 Å². The van der Waals surface area contributed by atoms with Gasteiger partial charge in [0.2, 0.25) is 0 Å². The van der Waals surface area contributed by atoms with Gasteiger partial charge in [0.1, 0.15) is 18.7 Å². The number of alkyl halides is 3. The third kappa shape index (κ3) is 4.68. The summed E-state index contributed by atoms with van der Waals surface area (Å²) in [6.45, 7) is 3.04. The van der Waals surface area contributed by atoms with Crippen molar-refractivity contribution in [3.05, 3.63) is 46.9 Å². The molecule has 1 unspecified atom stereocenters. The van der Waals surface area contributed by atoms with Crippen LogP contribution in [0.15, 0.2) is 30.7 Å². The number of fused-ring (bicyclic) bond motifs is 1. The van der Waals surface area contributed by atoms with E-state index in [2.05, 4.69) is 30.9 Å². The van der Waals surface area contributed by atoms with E-state index in [1.165, 1.54) is 12.5 Å². The summed E-state index contributed by atoms with van der Waals surface area (Å²) in [5.41, 5.74) is 2.34. The van der Waals surface area contributed by atoms with Crippen molar-refractivity contribution in [1.82, 2.24) is 24.6 Å². The summed E-state index contributed by atoms with van der Waals surface area (Å²) >= 11 is 6.46. The average molecular weight is 490 g/mol. The van der Waals surface area contributed by atoms with E-state index in [4.69, 9.17) is 16.9 Å². The number of nitriles is 1. The van der Waals surface area contributed by atoms with Gasteiger partial charge < -0.3 is 4.90 Å². The smallest absolute Gasteiger partial charge is 0.355 e. The average Bonchev–Trinajstić information content (AvgIpc) is 3.47. The summed E-state index contributed by atoms with van der Waals surface area (Å²) < 4.78 is 39.3. The molecular formula is C23H23ClF3N7. The lowest BCUT2D eigenvalue weighted by Crippen LogP contribution is -2.31. The molecule has 0 saturated carbocycles. The minimum absolute atomic E-state index is 0.104. The second-order valence-corrected chi connectivity index (χ2v) is 9.68. The first-order valence-electron chi connectivity index (χ1n) is 11.1. The highest BCUT2D eigenvalue weighted by Crippen LogP contribution is 2.42. The third-order valence-corrected chi connectivity index (χ3v) is 7.09. The van der Waals surface area contributed by atoms with E-state index >= 15 is 0 Å². The second kappa shape index (κ2) is 8.71. The van der Waals surface area contributed by atoms with E-state index in [0.717, 1.165) is 61.4 Å². The highest BCUT2D eigenvalue weighted by molar-refractivity contribution is 6.31. The lowest BCUT2D eigenvalue weighted by atomic mass is 9.86. The van der Waals surface area contributed by atoms with Crippen molar-refractivity contribution >= 4 is 28.5 Å². The molecule has 2 aliphatic heterocycles. The highest BCUT2D eigenvalue weighted by atomic mass is 35.5. The fourth-order valence-corrected chi connectivity index (χ4v) is 5.42.